The number of H-pyrrole nitrogens is 1. The molecule has 0 saturated carbocycles. The molecule has 1 aliphatic heterocycles. The summed E-state index contributed by atoms with van der Waals surface area (Å²) in [5, 5.41) is 10.8. The van der Waals surface area contributed by atoms with E-state index in [1.165, 1.54) is 5.56 Å². The Kier molecular flexibility index (Phi) is 10.4. The molecule has 43 heavy (non-hydrogen) atoms. The van der Waals surface area contributed by atoms with Gasteiger partial charge in [-0.2, -0.15) is 0 Å². The maximum Gasteiger partial charge on any atom is 0.242 e. The SMILES string of the molecule is CC(=O)CCCCC[C@H](NC(=O)[C@H]1CCC(c2ccccc2)N1)C(=O)NCCc1c(-c2ccccc2)[nH]c2ccccc12. The molecule has 1 aliphatic rings. The van der Waals surface area contributed by atoms with Gasteiger partial charge in [0, 0.05) is 35.6 Å². The van der Waals surface area contributed by atoms with Gasteiger partial charge in [0.15, 0.2) is 0 Å². The molecule has 0 aliphatic carbocycles. The van der Waals surface area contributed by atoms with Crippen LogP contribution < -0.4 is 16.0 Å². The van der Waals surface area contributed by atoms with Crippen molar-refractivity contribution >= 4 is 28.5 Å². The summed E-state index contributed by atoms with van der Waals surface area (Å²) in [5.41, 5.74) is 5.57. The number of hydrogen-bond donors (Lipinski definition) is 4. The van der Waals surface area contributed by atoms with Gasteiger partial charge in [-0.25, -0.2) is 0 Å². The lowest BCUT2D eigenvalue weighted by Gasteiger charge is -2.21. The number of ketones is 1. The van der Waals surface area contributed by atoms with Crippen molar-refractivity contribution in [3.8, 4) is 11.3 Å². The molecule has 2 heterocycles. The predicted octanol–water partition coefficient (Wildman–Crippen LogP) is 6.01. The molecule has 1 saturated heterocycles. The molecular formula is C36H42N4O3. The van der Waals surface area contributed by atoms with Crippen molar-refractivity contribution in [2.24, 2.45) is 0 Å². The van der Waals surface area contributed by atoms with Crippen LogP contribution in [0.4, 0.5) is 0 Å². The molecule has 0 bridgehead atoms. The lowest BCUT2D eigenvalue weighted by molar-refractivity contribution is -0.130. The van der Waals surface area contributed by atoms with Crippen LogP contribution in [0.15, 0.2) is 84.9 Å². The quantitative estimate of drug-likeness (QED) is 0.138. The van der Waals surface area contributed by atoms with Gasteiger partial charge < -0.3 is 20.4 Å². The summed E-state index contributed by atoms with van der Waals surface area (Å²) in [7, 11) is 0. The number of aromatic amines is 1. The van der Waals surface area contributed by atoms with Gasteiger partial charge in [-0.3, -0.25) is 14.9 Å². The lowest BCUT2D eigenvalue weighted by atomic mass is 10.0. The minimum absolute atomic E-state index is 0.130. The van der Waals surface area contributed by atoms with E-state index in [0.717, 1.165) is 59.8 Å². The summed E-state index contributed by atoms with van der Waals surface area (Å²) >= 11 is 0. The molecule has 1 unspecified atom stereocenters. The molecule has 1 aromatic heterocycles. The van der Waals surface area contributed by atoms with Crippen LogP contribution in [0.1, 0.15) is 69.0 Å². The van der Waals surface area contributed by atoms with Crippen molar-refractivity contribution in [2.45, 2.75) is 76.4 Å². The first kappa shape index (κ1) is 30.2. The zero-order chi connectivity index (χ0) is 30.0. The molecule has 0 spiro atoms. The lowest BCUT2D eigenvalue weighted by Crippen LogP contribution is -2.51. The molecule has 4 N–H and O–H groups in total. The highest BCUT2D eigenvalue weighted by molar-refractivity contribution is 5.92. The first-order chi connectivity index (χ1) is 21.0. The van der Waals surface area contributed by atoms with Crippen molar-refractivity contribution in [2.75, 3.05) is 6.54 Å². The van der Waals surface area contributed by atoms with Gasteiger partial charge in [-0.15, -0.1) is 0 Å². The number of rotatable bonds is 14. The van der Waals surface area contributed by atoms with E-state index in [4.69, 9.17) is 0 Å². The summed E-state index contributed by atoms with van der Waals surface area (Å²) in [4.78, 5) is 41.7. The maximum atomic E-state index is 13.5. The average molecular weight is 579 g/mol. The van der Waals surface area contributed by atoms with Crippen molar-refractivity contribution < 1.29 is 14.4 Å². The second-order valence-electron chi connectivity index (χ2n) is 11.6. The van der Waals surface area contributed by atoms with Crippen LogP contribution in [0, 0.1) is 0 Å². The van der Waals surface area contributed by atoms with Gasteiger partial charge in [-0.05, 0) is 61.8 Å². The van der Waals surface area contributed by atoms with E-state index in [9.17, 15) is 14.4 Å². The Labute approximate surface area is 253 Å². The number of unbranched alkanes of at least 4 members (excludes halogenated alkanes) is 2. The van der Waals surface area contributed by atoms with Crippen LogP contribution >= 0.6 is 0 Å². The Morgan fingerprint density at radius 3 is 2.35 bits per heavy atom. The summed E-state index contributed by atoms with van der Waals surface area (Å²) in [6.07, 6.45) is 5.73. The number of amides is 2. The van der Waals surface area contributed by atoms with Gasteiger partial charge in [-0.1, -0.05) is 91.7 Å². The number of Topliss-reactive ketones (excluding diaryl/α,β-unsaturated/α-hetero) is 1. The standard InChI is InChI=1S/C36H42N4O3/c1-25(41)13-5-2-10-20-32(40-36(43)33-22-21-30(38-33)26-14-6-3-7-15-26)35(42)37-24-23-29-28-18-11-12-19-31(28)39-34(29)27-16-8-4-9-17-27/h3-4,6-9,11-12,14-19,30,32-33,38-39H,2,5,10,13,20-24H2,1H3,(H,37,42)(H,40,43)/t30?,32-,33+/m0/s1. The van der Waals surface area contributed by atoms with E-state index in [1.807, 2.05) is 48.5 Å². The van der Waals surface area contributed by atoms with Crippen molar-refractivity contribution in [1.29, 1.82) is 0 Å². The van der Waals surface area contributed by atoms with Crippen molar-refractivity contribution in [3.05, 3.63) is 96.1 Å². The van der Waals surface area contributed by atoms with Crippen LogP contribution in [-0.4, -0.2) is 41.2 Å². The number of aromatic nitrogens is 1. The molecule has 1 fully saturated rings. The summed E-state index contributed by atoms with van der Waals surface area (Å²) in [6, 6.07) is 27.8. The maximum absolute atomic E-state index is 13.5. The van der Waals surface area contributed by atoms with E-state index < -0.39 is 6.04 Å². The Hall–Kier alpha value is -4.23. The number of carbonyl (C=O) groups is 3. The van der Waals surface area contributed by atoms with Crippen LogP contribution in [-0.2, 0) is 20.8 Å². The van der Waals surface area contributed by atoms with Crippen molar-refractivity contribution in [1.82, 2.24) is 20.9 Å². The fourth-order valence-electron chi connectivity index (χ4n) is 6.08. The summed E-state index contributed by atoms with van der Waals surface area (Å²) < 4.78 is 0. The van der Waals surface area contributed by atoms with Crippen LogP contribution in [0.25, 0.3) is 22.2 Å². The Morgan fingerprint density at radius 1 is 0.860 bits per heavy atom. The van der Waals surface area contributed by atoms with E-state index in [1.54, 1.807) is 6.92 Å². The highest BCUT2D eigenvalue weighted by atomic mass is 16.2. The Morgan fingerprint density at radius 2 is 1.58 bits per heavy atom. The van der Waals surface area contributed by atoms with E-state index in [-0.39, 0.29) is 29.7 Å². The molecule has 4 aromatic rings. The zero-order valence-electron chi connectivity index (χ0n) is 24.9. The van der Waals surface area contributed by atoms with Crippen LogP contribution in [0.5, 0.6) is 0 Å². The van der Waals surface area contributed by atoms with Crippen molar-refractivity contribution in [3.63, 3.8) is 0 Å². The zero-order valence-corrected chi connectivity index (χ0v) is 24.9. The summed E-state index contributed by atoms with van der Waals surface area (Å²) in [6.45, 7) is 2.06. The minimum atomic E-state index is -0.626. The van der Waals surface area contributed by atoms with E-state index in [2.05, 4.69) is 57.3 Å². The van der Waals surface area contributed by atoms with Gasteiger partial charge in [0.2, 0.25) is 11.8 Å². The molecule has 7 heteroatoms. The van der Waals surface area contributed by atoms with Gasteiger partial charge in [0.05, 0.1) is 6.04 Å². The number of hydrogen-bond acceptors (Lipinski definition) is 4. The second kappa shape index (κ2) is 14.8. The fraction of sp³-hybridized carbons (Fsp3) is 0.361. The first-order valence-corrected chi connectivity index (χ1v) is 15.5. The monoisotopic (exact) mass is 578 g/mol. The molecule has 3 atom stereocenters. The molecule has 7 nitrogen and oxygen atoms in total. The Bertz CT molecular complexity index is 1520. The number of fused-ring (bicyclic) bond motifs is 1. The first-order valence-electron chi connectivity index (χ1n) is 15.5. The van der Waals surface area contributed by atoms with Gasteiger partial charge in [0.1, 0.15) is 11.8 Å². The summed E-state index contributed by atoms with van der Waals surface area (Å²) in [5.74, 6) is -0.126. The van der Waals surface area contributed by atoms with Crippen LogP contribution in [0.3, 0.4) is 0 Å². The number of benzene rings is 3. The molecule has 0 radical (unpaired) electrons. The molecule has 5 rings (SSSR count). The average Bonchev–Trinajstić information content (AvgIpc) is 3.67. The number of carbonyl (C=O) groups excluding carboxylic acids is 3. The largest absolute Gasteiger partial charge is 0.354 e. The van der Waals surface area contributed by atoms with Gasteiger partial charge >= 0.3 is 0 Å². The smallest absolute Gasteiger partial charge is 0.242 e. The molecular weight excluding hydrogens is 536 g/mol. The normalized spacial score (nSPS) is 17.0. The third kappa shape index (κ3) is 7.99. The number of para-hydroxylation sites is 1. The third-order valence-electron chi connectivity index (χ3n) is 8.37. The number of nitrogens with one attached hydrogen (secondary N) is 4. The third-order valence-corrected chi connectivity index (χ3v) is 8.37. The second-order valence-corrected chi connectivity index (χ2v) is 11.6. The fourth-order valence-corrected chi connectivity index (χ4v) is 6.08. The highest BCUT2D eigenvalue weighted by Gasteiger charge is 2.32. The molecule has 224 valence electrons. The molecule has 2 amide bonds. The highest BCUT2D eigenvalue weighted by Crippen LogP contribution is 2.30. The van der Waals surface area contributed by atoms with Gasteiger partial charge in [0.25, 0.3) is 0 Å². The predicted molar refractivity (Wildman–Crippen MR) is 171 cm³/mol. The molecule has 3 aromatic carbocycles. The van der Waals surface area contributed by atoms with E-state index >= 15 is 0 Å². The Balaban J connectivity index is 1.22. The van der Waals surface area contributed by atoms with Crippen LogP contribution in [0.2, 0.25) is 0 Å². The van der Waals surface area contributed by atoms with E-state index in [0.29, 0.717) is 25.8 Å². The minimum Gasteiger partial charge on any atom is -0.354 e. The topological polar surface area (TPSA) is 103 Å².